The Bertz CT molecular complexity index is 1260. The number of rotatable bonds is 7. The predicted octanol–water partition coefficient (Wildman–Crippen LogP) is 4.37. The monoisotopic (exact) mass is 514 g/mol. The molecule has 1 aliphatic carbocycles. The number of benzene rings is 1. The number of nitrogens with one attached hydrogen (secondary N) is 3. The molecule has 35 heavy (non-hydrogen) atoms. The summed E-state index contributed by atoms with van der Waals surface area (Å²) in [5.74, 6) is 2.61. The van der Waals surface area contributed by atoms with Gasteiger partial charge in [0.15, 0.2) is 6.35 Å². The Morgan fingerprint density at radius 2 is 2.17 bits per heavy atom. The Morgan fingerprint density at radius 3 is 2.91 bits per heavy atom. The topological polar surface area (TPSA) is 105 Å². The van der Waals surface area contributed by atoms with Crippen LogP contribution in [0.25, 0.3) is 0 Å². The van der Waals surface area contributed by atoms with Crippen molar-refractivity contribution >= 4 is 40.6 Å². The fraction of sp³-hybridized carbons (Fsp3) is 0.280. The Hall–Kier alpha value is -3.04. The van der Waals surface area contributed by atoms with Crippen LogP contribution in [0.15, 0.2) is 66.3 Å². The second-order valence-electron chi connectivity index (χ2n) is 8.60. The molecule has 182 valence electrons. The number of amides is 1. The van der Waals surface area contributed by atoms with Crippen molar-refractivity contribution in [1.29, 1.82) is 0 Å². The number of aromatic nitrogens is 1. The van der Waals surface area contributed by atoms with Crippen molar-refractivity contribution in [3.05, 3.63) is 81.9 Å². The summed E-state index contributed by atoms with van der Waals surface area (Å²) in [4.78, 5) is 15.8. The highest BCUT2D eigenvalue weighted by atomic mass is 35.5. The van der Waals surface area contributed by atoms with E-state index in [4.69, 9.17) is 32.7 Å². The van der Waals surface area contributed by atoms with Crippen LogP contribution in [0.4, 0.5) is 11.5 Å². The summed E-state index contributed by atoms with van der Waals surface area (Å²) < 4.78 is 12.0. The number of carbonyl (C=O) groups is 1. The van der Waals surface area contributed by atoms with Crippen LogP contribution in [-0.2, 0) is 16.0 Å². The van der Waals surface area contributed by atoms with E-state index in [1.807, 2.05) is 19.1 Å². The minimum absolute atomic E-state index is 0.0416. The molecule has 0 radical (unpaired) electrons. The number of hydrogen-bond acceptors (Lipinski definition) is 7. The molecule has 2 fully saturated rings. The first kappa shape index (κ1) is 23.7. The highest BCUT2D eigenvalue weighted by Crippen LogP contribution is 2.51. The van der Waals surface area contributed by atoms with Crippen LogP contribution in [0.2, 0.25) is 10.0 Å². The summed E-state index contributed by atoms with van der Waals surface area (Å²) in [6.45, 7) is 6.01. The molecule has 1 amide bonds. The van der Waals surface area contributed by atoms with Crippen LogP contribution >= 0.6 is 23.2 Å². The molecule has 4 N–H and O–H groups in total. The average molecular weight is 515 g/mol. The van der Waals surface area contributed by atoms with Crippen molar-refractivity contribution in [1.82, 2.24) is 10.3 Å². The second kappa shape index (κ2) is 9.54. The van der Waals surface area contributed by atoms with Gasteiger partial charge in [-0.25, -0.2) is 4.98 Å². The number of hydrogen-bond donors (Lipinski definition) is 4. The first-order valence-electron chi connectivity index (χ1n) is 11.2. The number of pyridine rings is 1. The molecule has 1 aromatic carbocycles. The molecule has 8 nitrogen and oxygen atoms in total. The van der Waals surface area contributed by atoms with Gasteiger partial charge in [0.05, 0.1) is 16.1 Å². The third kappa shape index (κ3) is 5.01. The van der Waals surface area contributed by atoms with Crippen LogP contribution in [0, 0.1) is 5.92 Å². The molecule has 1 unspecified atom stereocenters. The summed E-state index contributed by atoms with van der Waals surface area (Å²) >= 11 is 11.9. The Morgan fingerprint density at radius 1 is 1.34 bits per heavy atom. The molecule has 3 heterocycles. The van der Waals surface area contributed by atoms with Crippen LogP contribution in [0.1, 0.15) is 18.9 Å². The quantitative estimate of drug-likeness (QED) is 0.321. The lowest BCUT2D eigenvalue weighted by molar-refractivity contribution is -0.116. The number of nitrogens with zero attached hydrogens (tertiary/aromatic N) is 1. The number of anilines is 2. The van der Waals surface area contributed by atoms with Gasteiger partial charge in [-0.05, 0) is 55.3 Å². The number of aliphatic hydroxyl groups is 1. The predicted molar refractivity (Wildman–Crippen MR) is 134 cm³/mol. The largest absolute Gasteiger partial charge is 0.488 e. The van der Waals surface area contributed by atoms with Gasteiger partial charge in [-0.3, -0.25) is 10.1 Å². The average Bonchev–Trinajstić information content (AvgIpc) is 3.37. The zero-order valence-electron chi connectivity index (χ0n) is 18.8. The summed E-state index contributed by atoms with van der Waals surface area (Å²) in [6, 6.07) is 6.78. The molecule has 4 atom stereocenters. The van der Waals surface area contributed by atoms with Gasteiger partial charge >= 0.3 is 0 Å². The smallest absolute Gasteiger partial charge is 0.225 e. The molecule has 1 aromatic heterocycles. The van der Waals surface area contributed by atoms with E-state index in [9.17, 15) is 9.90 Å². The fourth-order valence-electron chi connectivity index (χ4n) is 4.30. The van der Waals surface area contributed by atoms with Crippen molar-refractivity contribution in [2.75, 3.05) is 10.6 Å². The van der Waals surface area contributed by atoms with E-state index in [1.54, 1.807) is 30.5 Å². The minimum atomic E-state index is -0.988. The van der Waals surface area contributed by atoms with E-state index in [-0.39, 0.29) is 24.0 Å². The normalized spacial score (nSPS) is 24.9. The van der Waals surface area contributed by atoms with Crippen molar-refractivity contribution in [3.8, 4) is 5.75 Å². The fourth-order valence-corrected chi connectivity index (χ4v) is 4.60. The van der Waals surface area contributed by atoms with E-state index in [2.05, 4.69) is 27.5 Å². The summed E-state index contributed by atoms with van der Waals surface area (Å²) in [6.07, 6.45) is 5.18. The SMILES string of the molecule is C=C1/C(=C\C=C(/C)Oc2ccnc3c2CCC(=O)N3)O[C@@H]2[C@@H](NC(O)Nc3ccc(Cl)c(Cl)c3)[C@H]12. The van der Waals surface area contributed by atoms with E-state index < -0.39 is 6.35 Å². The standard InChI is InChI=1S/C25H24Cl2N4O4/c1-12(34-19-9-10-28-24-15(19)5-8-20(32)30-24)3-7-18-13(2)21-22(23(21)35-18)31-25(33)29-14-4-6-16(26)17(27)11-14/h3-4,6-7,9-11,21-23,25,29,31,33H,2,5,8H2,1H3,(H,28,30,32)/b12-3+,18-7+/t21-,22-,23-,25?/m0/s1. The van der Waals surface area contributed by atoms with Crippen LogP contribution in [0.5, 0.6) is 5.75 Å². The van der Waals surface area contributed by atoms with Crippen molar-refractivity contribution in [2.24, 2.45) is 5.92 Å². The lowest BCUT2D eigenvalue weighted by Gasteiger charge is -2.19. The van der Waals surface area contributed by atoms with Gasteiger partial charge in [0.25, 0.3) is 0 Å². The molecule has 2 aliphatic heterocycles. The maximum absolute atomic E-state index is 11.6. The van der Waals surface area contributed by atoms with Gasteiger partial charge in [-0.2, -0.15) is 0 Å². The van der Waals surface area contributed by atoms with Crippen molar-refractivity contribution < 1.29 is 19.4 Å². The van der Waals surface area contributed by atoms with E-state index >= 15 is 0 Å². The lowest BCUT2D eigenvalue weighted by atomic mass is 10.1. The van der Waals surface area contributed by atoms with Gasteiger partial charge < -0.3 is 25.2 Å². The van der Waals surface area contributed by atoms with Crippen molar-refractivity contribution in [2.45, 2.75) is 38.3 Å². The van der Waals surface area contributed by atoms with Crippen molar-refractivity contribution in [3.63, 3.8) is 0 Å². The van der Waals surface area contributed by atoms with E-state index in [0.717, 1.165) is 11.1 Å². The molecule has 10 heteroatoms. The molecule has 3 aliphatic rings. The first-order valence-corrected chi connectivity index (χ1v) is 11.9. The molecule has 1 saturated heterocycles. The molecular formula is C25H24Cl2N4O4. The lowest BCUT2D eigenvalue weighted by Crippen LogP contribution is -2.39. The van der Waals surface area contributed by atoms with E-state index in [0.29, 0.717) is 51.7 Å². The van der Waals surface area contributed by atoms with Gasteiger partial charge in [0.2, 0.25) is 5.91 Å². The number of ether oxygens (including phenoxy) is 2. The van der Waals surface area contributed by atoms with Crippen LogP contribution in [-0.4, -0.2) is 34.5 Å². The molecule has 0 bridgehead atoms. The maximum atomic E-state index is 11.6. The Labute approximate surface area is 212 Å². The van der Waals surface area contributed by atoms with Gasteiger partial charge in [0, 0.05) is 29.8 Å². The zero-order chi connectivity index (χ0) is 24.7. The Kier molecular flexibility index (Phi) is 6.46. The van der Waals surface area contributed by atoms with Crippen LogP contribution in [0.3, 0.4) is 0 Å². The van der Waals surface area contributed by atoms with Crippen LogP contribution < -0.4 is 20.7 Å². The third-order valence-electron chi connectivity index (χ3n) is 6.12. The Balaban J connectivity index is 1.16. The second-order valence-corrected chi connectivity index (χ2v) is 9.41. The van der Waals surface area contributed by atoms with Gasteiger partial charge in [-0.1, -0.05) is 29.8 Å². The minimum Gasteiger partial charge on any atom is -0.488 e. The van der Waals surface area contributed by atoms with Gasteiger partial charge in [-0.15, -0.1) is 0 Å². The highest BCUT2D eigenvalue weighted by molar-refractivity contribution is 6.42. The third-order valence-corrected chi connectivity index (χ3v) is 6.86. The van der Waals surface area contributed by atoms with Gasteiger partial charge in [0.1, 0.15) is 29.2 Å². The molecule has 1 saturated carbocycles. The highest BCUT2D eigenvalue weighted by Gasteiger charge is 2.60. The zero-order valence-corrected chi connectivity index (χ0v) is 20.4. The number of fused-ring (bicyclic) bond motifs is 2. The van der Waals surface area contributed by atoms with E-state index in [1.165, 1.54) is 0 Å². The molecular weight excluding hydrogens is 491 g/mol. The summed E-state index contributed by atoms with van der Waals surface area (Å²) in [5.41, 5.74) is 2.39. The molecule has 0 spiro atoms. The summed E-state index contributed by atoms with van der Waals surface area (Å²) in [7, 11) is 0. The number of carbonyl (C=O) groups excluding carboxylic acids is 1. The number of halogens is 2. The maximum Gasteiger partial charge on any atom is 0.225 e. The first-order chi connectivity index (χ1) is 16.8. The molecule has 2 aromatic rings. The molecule has 5 rings (SSSR count). The summed E-state index contributed by atoms with van der Waals surface area (Å²) in [5, 5.41) is 20.0. The number of aliphatic hydroxyl groups excluding tert-OH is 1. The number of allylic oxidation sites excluding steroid dienone is 4.